The summed E-state index contributed by atoms with van der Waals surface area (Å²) in [5.74, 6) is -0.306. The molecule has 2 fully saturated rings. The summed E-state index contributed by atoms with van der Waals surface area (Å²) in [4.78, 5) is 0. The molecule has 0 aromatic heterocycles. The van der Waals surface area contributed by atoms with Crippen LogP contribution in [0, 0.1) is 17.8 Å². The lowest BCUT2D eigenvalue weighted by Gasteiger charge is -2.36. The summed E-state index contributed by atoms with van der Waals surface area (Å²) in [6, 6.07) is 0. The zero-order chi connectivity index (χ0) is 16.2. The van der Waals surface area contributed by atoms with Gasteiger partial charge in [-0.15, -0.1) is 0 Å². The Hall–Kier alpha value is -0.580. The smallest absolute Gasteiger partial charge is 0.317 e. The Labute approximate surface area is 130 Å². The van der Waals surface area contributed by atoms with Gasteiger partial charge in [-0.25, -0.2) is 0 Å². The zero-order valence-electron chi connectivity index (χ0n) is 13.2. The summed E-state index contributed by atoms with van der Waals surface area (Å²) in [6.07, 6.45) is 1.39. The first-order valence-corrected chi connectivity index (χ1v) is 8.49. The summed E-state index contributed by atoms with van der Waals surface area (Å²) in [5.41, 5.74) is 0. The molecule has 22 heavy (non-hydrogen) atoms. The first kappa shape index (κ1) is 17.8. The molecule has 0 aliphatic heterocycles. The number of allylic oxidation sites excluding steroid dienone is 1. The van der Waals surface area contributed by atoms with Crippen molar-refractivity contribution in [2.75, 3.05) is 0 Å². The lowest BCUT2D eigenvalue weighted by atomic mass is 9.80. The number of hydrogen-bond donors (Lipinski definition) is 0. The molecule has 0 atom stereocenters. The second kappa shape index (κ2) is 7.80. The van der Waals surface area contributed by atoms with Gasteiger partial charge in [0.1, 0.15) is 0 Å². The topological polar surface area (TPSA) is 9.23 Å². The van der Waals surface area contributed by atoms with Crippen molar-refractivity contribution < 1.29 is 22.3 Å². The number of rotatable bonds is 5. The Morgan fingerprint density at radius 1 is 1.00 bits per heavy atom. The maximum Gasteiger partial charge on any atom is 0.358 e. The predicted octanol–water partition coefficient (Wildman–Crippen LogP) is 6.15. The molecular weight excluding hydrogens is 296 g/mol. The lowest BCUT2D eigenvalue weighted by Crippen LogP contribution is -2.39. The molecule has 0 bridgehead atoms. The SMILES string of the molecule is CCC1CCC(C(F)(F)OC2CCC(C=C(F)F)CC2)CC1. The minimum Gasteiger partial charge on any atom is -0.317 e. The first-order chi connectivity index (χ1) is 10.4. The highest BCUT2D eigenvalue weighted by molar-refractivity contribution is 4.91. The minimum atomic E-state index is -3.07. The van der Waals surface area contributed by atoms with Crippen LogP contribution in [0.4, 0.5) is 17.6 Å². The van der Waals surface area contributed by atoms with Gasteiger partial charge in [0.05, 0.1) is 12.0 Å². The van der Waals surface area contributed by atoms with Crippen LogP contribution in [-0.4, -0.2) is 12.2 Å². The number of hydrogen-bond acceptors (Lipinski definition) is 1. The van der Waals surface area contributed by atoms with Gasteiger partial charge in [-0.3, -0.25) is 0 Å². The third kappa shape index (κ3) is 4.97. The molecule has 0 aromatic rings. The van der Waals surface area contributed by atoms with Crippen molar-refractivity contribution in [1.29, 1.82) is 0 Å². The van der Waals surface area contributed by atoms with E-state index in [9.17, 15) is 17.6 Å². The van der Waals surface area contributed by atoms with E-state index in [0.717, 1.165) is 25.3 Å². The van der Waals surface area contributed by atoms with Crippen LogP contribution in [0.1, 0.15) is 64.7 Å². The van der Waals surface area contributed by atoms with Crippen LogP contribution in [0.5, 0.6) is 0 Å². The molecule has 0 unspecified atom stereocenters. The molecular formula is C17H26F4O. The largest absolute Gasteiger partial charge is 0.358 e. The van der Waals surface area contributed by atoms with Crippen molar-refractivity contribution >= 4 is 0 Å². The number of ether oxygens (including phenoxy) is 1. The maximum absolute atomic E-state index is 14.3. The van der Waals surface area contributed by atoms with Crippen molar-refractivity contribution in [1.82, 2.24) is 0 Å². The Bertz CT molecular complexity index is 363. The molecule has 0 saturated heterocycles. The van der Waals surface area contributed by atoms with E-state index in [-0.39, 0.29) is 5.92 Å². The minimum absolute atomic E-state index is 0.196. The van der Waals surface area contributed by atoms with Gasteiger partial charge >= 0.3 is 6.11 Å². The third-order valence-corrected chi connectivity index (χ3v) is 5.30. The van der Waals surface area contributed by atoms with Crippen molar-refractivity contribution in [2.45, 2.75) is 76.9 Å². The van der Waals surface area contributed by atoms with Crippen molar-refractivity contribution in [2.24, 2.45) is 17.8 Å². The van der Waals surface area contributed by atoms with Gasteiger partial charge in [0.2, 0.25) is 0 Å². The van der Waals surface area contributed by atoms with Crippen LogP contribution in [0.25, 0.3) is 0 Å². The van der Waals surface area contributed by atoms with Gasteiger partial charge < -0.3 is 4.74 Å². The normalized spacial score (nSPS) is 33.5. The van der Waals surface area contributed by atoms with Gasteiger partial charge in [0.25, 0.3) is 6.08 Å². The average molecular weight is 322 g/mol. The van der Waals surface area contributed by atoms with E-state index in [1.807, 2.05) is 0 Å². The molecule has 128 valence electrons. The third-order valence-electron chi connectivity index (χ3n) is 5.30. The van der Waals surface area contributed by atoms with Crippen LogP contribution in [0.3, 0.4) is 0 Å². The summed E-state index contributed by atoms with van der Waals surface area (Å²) >= 11 is 0. The van der Waals surface area contributed by atoms with E-state index in [2.05, 4.69) is 6.92 Å². The summed E-state index contributed by atoms with van der Waals surface area (Å²) in [6.45, 7) is 2.10. The molecule has 0 radical (unpaired) electrons. The monoisotopic (exact) mass is 322 g/mol. The summed E-state index contributed by atoms with van der Waals surface area (Å²) in [5, 5.41) is 0. The van der Waals surface area contributed by atoms with E-state index in [1.165, 1.54) is 0 Å². The highest BCUT2D eigenvalue weighted by Crippen LogP contribution is 2.42. The number of halogens is 4. The standard InChI is InChI=1S/C17H26F4O/c1-2-12-3-7-14(8-4-12)17(20,21)22-15-9-5-13(6-10-15)11-16(18)19/h11-15H,2-10H2,1H3. The lowest BCUT2D eigenvalue weighted by molar-refractivity contribution is -0.301. The Kier molecular flexibility index (Phi) is 6.30. The van der Waals surface area contributed by atoms with E-state index in [1.54, 1.807) is 0 Å². The number of alkyl halides is 2. The molecule has 0 aromatic carbocycles. The van der Waals surface area contributed by atoms with Crippen LogP contribution in [0.15, 0.2) is 12.2 Å². The highest BCUT2D eigenvalue weighted by Gasteiger charge is 2.44. The molecule has 0 amide bonds. The van der Waals surface area contributed by atoms with Crippen LogP contribution < -0.4 is 0 Å². The van der Waals surface area contributed by atoms with Crippen molar-refractivity contribution in [3.63, 3.8) is 0 Å². The Balaban J connectivity index is 1.79. The van der Waals surface area contributed by atoms with E-state index in [0.29, 0.717) is 44.4 Å². The van der Waals surface area contributed by atoms with Gasteiger partial charge in [0.15, 0.2) is 0 Å². The van der Waals surface area contributed by atoms with Crippen LogP contribution >= 0.6 is 0 Å². The highest BCUT2D eigenvalue weighted by atomic mass is 19.3. The maximum atomic E-state index is 14.3. The molecule has 2 aliphatic carbocycles. The fourth-order valence-electron chi connectivity index (χ4n) is 3.78. The summed E-state index contributed by atoms with van der Waals surface area (Å²) < 4.78 is 58.1. The van der Waals surface area contributed by atoms with Gasteiger partial charge in [0, 0.05) is 0 Å². The van der Waals surface area contributed by atoms with E-state index in [4.69, 9.17) is 4.74 Å². The average Bonchev–Trinajstić information content (AvgIpc) is 2.48. The second-order valence-electron chi connectivity index (χ2n) is 6.80. The summed E-state index contributed by atoms with van der Waals surface area (Å²) in [7, 11) is 0. The van der Waals surface area contributed by atoms with Gasteiger partial charge in [-0.2, -0.15) is 17.6 Å². The molecule has 2 rings (SSSR count). The second-order valence-corrected chi connectivity index (χ2v) is 6.80. The Morgan fingerprint density at radius 2 is 1.59 bits per heavy atom. The van der Waals surface area contributed by atoms with Gasteiger partial charge in [-0.1, -0.05) is 13.3 Å². The van der Waals surface area contributed by atoms with Gasteiger partial charge in [-0.05, 0) is 69.3 Å². The molecule has 5 heteroatoms. The van der Waals surface area contributed by atoms with E-state index < -0.39 is 24.2 Å². The molecule has 2 aliphatic rings. The zero-order valence-corrected chi connectivity index (χ0v) is 13.2. The molecule has 0 N–H and O–H groups in total. The fraction of sp³-hybridized carbons (Fsp3) is 0.882. The fourth-order valence-corrected chi connectivity index (χ4v) is 3.78. The van der Waals surface area contributed by atoms with Crippen molar-refractivity contribution in [3.8, 4) is 0 Å². The quantitative estimate of drug-likeness (QED) is 0.551. The van der Waals surface area contributed by atoms with Crippen LogP contribution in [0.2, 0.25) is 0 Å². The van der Waals surface area contributed by atoms with Crippen molar-refractivity contribution in [3.05, 3.63) is 12.2 Å². The van der Waals surface area contributed by atoms with Crippen LogP contribution in [-0.2, 0) is 4.74 Å². The molecule has 0 spiro atoms. The molecule has 1 nitrogen and oxygen atoms in total. The Morgan fingerprint density at radius 3 is 2.09 bits per heavy atom. The molecule has 0 heterocycles. The predicted molar refractivity (Wildman–Crippen MR) is 77.8 cm³/mol. The molecule has 2 saturated carbocycles. The van der Waals surface area contributed by atoms with E-state index >= 15 is 0 Å². The first-order valence-electron chi connectivity index (χ1n) is 8.49.